The monoisotopic (exact) mass is 386 g/mol. The number of halogens is 1. The van der Waals surface area contributed by atoms with E-state index in [1.807, 2.05) is 24.3 Å². The molecular weight excluding hydrogens is 355 g/mol. The molecule has 0 amide bonds. The Morgan fingerprint density at radius 1 is 1.04 bits per heavy atom. The van der Waals surface area contributed by atoms with Gasteiger partial charge in [-0.2, -0.15) is 0 Å². The number of rotatable bonds is 7. The second kappa shape index (κ2) is 9.39. The highest BCUT2D eigenvalue weighted by Crippen LogP contribution is 2.23. The standard InChI is InChI=1S/C23H31FN2O2/c1-17(2)23-9-8-22(14-18(23)3)28-16-21(27)15-25-10-12-26(13-11-25)20-6-4-19(24)5-7-20/h4-9,14,17,21,27H,10-13,15-16H2,1-3H3/t21-/m1/s1. The molecule has 1 aliphatic rings. The Balaban J connectivity index is 1.43. The van der Waals surface area contributed by atoms with Crippen LogP contribution in [0.2, 0.25) is 0 Å². The summed E-state index contributed by atoms with van der Waals surface area (Å²) >= 11 is 0. The molecule has 4 nitrogen and oxygen atoms in total. The molecule has 152 valence electrons. The van der Waals surface area contributed by atoms with Crippen molar-refractivity contribution in [2.45, 2.75) is 32.8 Å². The fourth-order valence-electron chi connectivity index (χ4n) is 3.77. The number of anilines is 1. The van der Waals surface area contributed by atoms with E-state index in [4.69, 9.17) is 4.74 Å². The molecule has 1 N–H and O–H groups in total. The zero-order chi connectivity index (χ0) is 20.1. The Kier molecular flexibility index (Phi) is 6.92. The van der Waals surface area contributed by atoms with Crippen molar-refractivity contribution >= 4 is 5.69 Å². The summed E-state index contributed by atoms with van der Waals surface area (Å²) in [4.78, 5) is 4.50. The zero-order valence-corrected chi connectivity index (χ0v) is 17.1. The summed E-state index contributed by atoms with van der Waals surface area (Å²) < 4.78 is 18.9. The number of aliphatic hydroxyl groups is 1. The Hall–Kier alpha value is -2.11. The molecule has 0 radical (unpaired) electrons. The van der Waals surface area contributed by atoms with Crippen molar-refractivity contribution in [3.63, 3.8) is 0 Å². The maximum absolute atomic E-state index is 13.1. The van der Waals surface area contributed by atoms with Crippen LogP contribution in [0.25, 0.3) is 0 Å². The zero-order valence-electron chi connectivity index (χ0n) is 17.1. The van der Waals surface area contributed by atoms with Gasteiger partial charge < -0.3 is 14.7 Å². The van der Waals surface area contributed by atoms with Gasteiger partial charge in [-0.3, -0.25) is 4.90 Å². The van der Waals surface area contributed by atoms with E-state index in [1.54, 1.807) is 0 Å². The van der Waals surface area contributed by atoms with Gasteiger partial charge in [-0.1, -0.05) is 19.9 Å². The molecule has 1 heterocycles. The third-order valence-electron chi connectivity index (χ3n) is 5.34. The molecule has 0 aromatic heterocycles. The van der Waals surface area contributed by atoms with Crippen LogP contribution in [0.5, 0.6) is 5.75 Å². The molecule has 0 unspecified atom stereocenters. The van der Waals surface area contributed by atoms with E-state index in [1.165, 1.54) is 23.3 Å². The fourth-order valence-corrected chi connectivity index (χ4v) is 3.77. The van der Waals surface area contributed by atoms with E-state index in [0.29, 0.717) is 19.1 Å². The Labute approximate surface area is 167 Å². The lowest BCUT2D eigenvalue weighted by Gasteiger charge is -2.36. The van der Waals surface area contributed by atoms with Gasteiger partial charge in [0.1, 0.15) is 24.3 Å². The van der Waals surface area contributed by atoms with Crippen LogP contribution in [0.3, 0.4) is 0 Å². The maximum Gasteiger partial charge on any atom is 0.123 e. The highest BCUT2D eigenvalue weighted by atomic mass is 19.1. The highest BCUT2D eigenvalue weighted by Gasteiger charge is 2.20. The van der Waals surface area contributed by atoms with Gasteiger partial charge in [0.2, 0.25) is 0 Å². The van der Waals surface area contributed by atoms with Crippen LogP contribution in [-0.4, -0.2) is 55.4 Å². The molecule has 2 aromatic rings. The number of hydrogen-bond acceptors (Lipinski definition) is 4. The molecule has 1 saturated heterocycles. The number of piperazine rings is 1. The number of aliphatic hydroxyl groups excluding tert-OH is 1. The Bertz CT molecular complexity index is 756. The number of ether oxygens (including phenoxy) is 1. The van der Waals surface area contributed by atoms with Gasteiger partial charge in [0.05, 0.1) is 0 Å². The van der Waals surface area contributed by atoms with E-state index in [2.05, 4.69) is 36.6 Å². The largest absolute Gasteiger partial charge is 0.491 e. The van der Waals surface area contributed by atoms with Gasteiger partial charge in [0, 0.05) is 38.4 Å². The molecule has 0 aliphatic carbocycles. The minimum absolute atomic E-state index is 0.209. The normalized spacial score (nSPS) is 16.4. The molecule has 0 saturated carbocycles. The molecule has 0 spiro atoms. The first-order valence-electron chi connectivity index (χ1n) is 10.1. The van der Waals surface area contributed by atoms with Crippen LogP contribution < -0.4 is 9.64 Å². The molecule has 5 heteroatoms. The number of nitrogens with zero attached hydrogens (tertiary/aromatic N) is 2. The molecular formula is C23H31FN2O2. The average Bonchev–Trinajstić information content (AvgIpc) is 2.67. The molecule has 1 atom stereocenters. The van der Waals surface area contributed by atoms with Crippen molar-refractivity contribution in [2.24, 2.45) is 0 Å². The third-order valence-corrected chi connectivity index (χ3v) is 5.34. The summed E-state index contributed by atoms with van der Waals surface area (Å²) in [6, 6.07) is 12.8. The van der Waals surface area contributed by atoms with Crippen molar-refractivity contribution in [3.05, 3.63) is 59.4 Å². The van der Waals surface area contributed by atoms with Crippen LogP contribution >= 0.6 is 0 Å². The first-order valence-corrected chi connectivity index (χ1v) is 10.1. The van der Waals surface area contributed by atoms with E-state index in [-0.39, 0.29) is 5.82 Å². The van der Waals surface area contributed by atoms with Gasteiger partial charge >= 0.3 is 0 Å². The SMILES string of the molecule is Cc1cc(OC[C@H](O)CN2CCN(c3ccc(F)cc3)CC2)ccc1C(C)C. The first-order chi connectivity index (χ1) is 13.4. The van der Waals surface area contributed by atoms with Crippen LogP contribution in [0.1, 0.15) is 30.9 Å². The summed E-state index contributed by atoms with van der Waals surface area (Å²) in [5.74, 6) is 1.09. The molecule has 2 aromatic carbocycles. The van der Waals surface area contributed by atoms with E-state index in [9.17, 15) is 9.50 Å². The lowest BCUT2D eigenvalue weighted by molar-refractivity contribution is 0.0663. The number of hydrogen-bond donors (Lipinski definition) is 1. The predicted molar refractivity (Wildman–Crippen MR) is 112 cm³/mol. The average molecular weight is 387 g/mol. The maximum atomic E-state index is 13.1. The van der Waals surface area contributed by atoms with Gasteiger partial charge in [-0.15, -0.1) is 0 Å². The molecule has 3 rings (SSSR count). The summed E-state index contributed by atoms with van der Waals surface area (Å²) in [6.45, 7) is 10.8. The second-order valence-electron chi connectivity index (χ2n) is 7.90. The van der Waals surface area contributed by atoms with Crippen molar-refractivity contribution in [3.8, 4) is 5.75 Å². The summed E-state index contributed by atoms with van der Waals surface area (Å²) in [7, 11) is 0. The number of aryl methyl sites for hydroxylation is 1. The van der Waals surface area contributed by atoms with Crippen LogP contribution in [0.4, 0.5) is 10.1 Å². The van der Waals surface area contributed by atoms with Crippen LogP contribution in [-0.2, 0) is 0 Å². The summed E-state index contributed by atoms with van der Waals surface area (Å²) in [5, 5.41) is 10.4. The number of β-amino-alcohol motifs (C(OH)–C–C–N with tert-alkyl or cyclic N) is 1. The van der Waals surface area contributed by atoms with Crippen molar-refractivity contribution in [2.75, 3.05) is 44.2 Å². The van der Waals surface area contributed by atoms with Gasteiger partial charge in [-0.05, 0) is 60.4 Å². The van der Waals surface area contributed by atoms with Gasteiger partial charge in [0.15, 0.2) is 0 Å². The van der Waals surface area contributed by atoms with E-state index in [0.717, 1.165) is 37.6 Å². The van der Waals surface area contributed by atoms with Crippen molar-refractivity contribution in [1.29, 1.82) is 0 Å². The lowest BCUT2D eigenvalue weighted by Crippen LogP contribution is -2.49. The third kappa shape index (κ3) is 5.46. The smallest absolute Gasteiger partial charge is 0.123 e. The fraction of sp³-hybridized carbons (Fsp3) is 0.478. The van der Waals surface area contributed by atoms with Crippen LogP contribution in [0.15, 0.2) is 42.5 Å². The highest BCUT2D eigenvalue weighted by molar-refractivity contribution is 5.46. The minimum Gasteiger partial charge on any atom is -0.491 e. The van der Waals surface area contributed by atoms with Gasteiger partial charge in [0.25, 0.3) is 0 Å². The van der Waals surface area contributed by atoms with Crippen molar-refractivity contribution < 1.29 is 14.2 Å². The Morgan fingerprint density at radius 2 is 1.71 bits per heavy atom. The van der Waals surface area contributed by atoms with E-state index >= 15 is 0 Å². The Morgan fingerprint density at radius 3 is 2.32 bits per heavy atom. The minimum atomic E-state index is -0.526. The number of benzene rings is 2. The molecule has 1 aliphatic heterocycles. The van der Waals surface area contributed by atoms with E-state index < -0.39 is 6.10 Å². The van der Waals surface area contributed by atoms with Crippen molar-refractivity contribution in [1.82, 2.24) is 4.90 Å². The lowest BCUT2D eigenvalue weighted by atomic mass is 9.98. The topological polar surface area (TPSA) is 35.9 Å². The quantitative estimate of drug-likeness (QED) is 0.785. The second-order valence-corrected chi connectivity index (χ2v) is 7.90. The first kappa shape index (κ1) is 20.6. The summed E-state index contributed by atoms with van der Waals surface area (Å²) in [6.07, 6.45) is -0.526. The van der Waals surface area contributed by atoms with Crippen LogP contribution in [0, 0.1) is 12.7 Å². The predicted octanol–water partition coefficient (Wildman–Crippen LogP) is 3.82. The molecule has 1 fully saturated rings. The molecule has 28 heavy (non-hydrogen) atoms. The molecule has 0 bridgehead atoms. The van der Waals surface area contributed by atoms with Gasteiger partial charge in [-0.25, -0.2) is 4.39 Å². The summed E-state index contributed by atoms with van der Waals surface area (Å²) in [5.41, 5.74) is 3.59.